The lowest BCUT2D eigenvalue weighted by atomic mass is 10.0. The van der Waals surface area contributed by atoms with E-state index in [0.29, 0.717) is 5.82 Å². The Kier molecular flexibility index (Phi) is 3.56. The topological polar surface area (TPSA) is 66.3 Å². The largest absolute Gasteiger partial charge is 0.476 e. The molecule has 17 heavy (non-hydrogen) atoms. The third-order valence-electron chi connectivity index (χ3n) is 3.18. The van der Waals surface area contributed by atoms with Gasteiger partial charge >= 0.3 is 5.97 Å². The molecule has 92 valence electrons. The van der Waals surface area contributed by atoms with Crippen molar-refractivity contribution >= 4 is 11.8 Å². The van der Waals surface area contributed by atoms with Gasteiger partial charge in [0.25, 0.3) is 0 Å². The number of aromatic carboxylic acids is 1. The van der Waals surface area contributed by atoms with Crippen molar-refractivity contribution in [2.75, 3.05) is 18.0 Å². The summed E-state index contributed by atoms with van der Waals surface area (Å²) in [7, 11) is 0. The molecule has 5 nitrogen and oxygen atoms in total. The van der Waals surface area contributed by atoms with Crippen molar-refractivity contribution in [1.29, 1.82) is 0 Å². The first-order valence-corrected chi connectivity index (χ1v) is 5.97. The number of aromatic nitrogens is 2. The summed E-state index contributed by atoms with van der Waals surface area (Å²) in [4.78, 5) is 21.0. The number of rotatable bonds is 2. The zero-order chi connectivity index (χ0) is 12.3. The van der Waals surface area contributed by atoms with Gasteiger partial charge in [-0.1, -0.05) is 6.92 Å². The van der Waals surface area contributed by atoms with Gasteiger partial charge in [0, 0.05) is 13.1 Å². The third-order valence-corrected chi connectivity index (χ3v) is 3.18. The van der Waals surface area contributed by atoms with E-state index < -0.39 is 5.97 Å². The van der Waals surface area contributed by atoms with E-state index in [1.807, 2.05) is 0 Å². The summed E-state index contributed by atoms with van der Waals surface area (Å²) in [5.74, 6) is 0.386. The molecule has 5 heteroatoms. The van der Waals surface area contributed by atoms with Gasteiger partial charge in [-0.2, -0.15) is 0 Å². The monoisotopic (exact) mass is 235 g/mol. The lowest BCUT2D eigenvalue weighted by molar-refractivity contribution is 0.0690. The maximum absolute atomic E-state index is 10.8. The molecule has 1 aliphatic rings. The molecule has 1 aromatic rings. The maximum atomic E-state index is 10.8. The molecular formula is C12H17N3O2. The minimum Gasteiger partial charge on any atom is -0.476 e. The Morgan fingerprint density at radius 2 is 2.24 bits per heavy atom. The zero-order valence-electron chi connectivity index (χ0n) is 9.96. The second-order valence-corrected chi connectivity index (χ2v) is 4.59. The highest BCUT2D eigenvalue weighted by molar-refractivity contribution is 5.85. The van der Waals surface area contributed by atoms with Gasteiger partial charge in [-0.25, -0.2) is 9.78 Å². The van der Waals surface area contributed by atoms with E-state index in [9.17, 15) is 4.79 Å². The molecule has 1 unspecified atom stereocenters. The predicted molar refractivity (Wildman–Crippen MR) is 64.2 cm³/mol. The summed E-state index contributed by atoms with van der Waals surface area (Å²) in [6.07, 6.45) is 6.40. The summed E-state index contributed by atoms with van der Waals surface area (Å²) in [5, 5.41) is 8.88. The quantitative estimate of drug-likeness (QED) is 0.846. The Labute approximate surface area is 100 Å². The molecule has 0 amide bonds. The van der Waals surface area contributed by atoms with Crippen LogP contribution in [0.25, 0.3) is 0 Å². The molecular weight excluding hydrogens is 218 g/mol. The molecule has 0 spiro atoms. The molecule has 1 N–H and O–H groups in total. The van der Waals surface area contributed by atoms with Crippen LogP contribution in [0.2, 0.25) is 0 Å². The van der Waals surface area contributed by atoms with Gasteiger partial charge < -0.3 is 10.0 Å². The average Bonchev–Trinajstić information content (AvgIpc) is 2.54. The molecule has 2 heterocycles. The fourth-order valence-electron chi connectivity index (χ4n) is 2.10. The van der Waals surface area contributed by atoms with E-state index in [1.165, 1.54) is 12.6 Å². The molecule has 0 aliphatic carbocycles. The van der Waals surface area contributed by atoms with Crippen LogP contribution in [0.3, 0.4) is 0 Å². The van der Waals surface area contributed by atoms with Crippen molar-refractivity contribution in [3.8, 4) is 0 Å². The van der Waals surface area contributed by atoms with Crippen molar-refractivity contribution < 1.29 is 9.90 Å². The van der Waals surface area contributed by atoms with Crippen molar-refractivity contribution in [3.63, 3.8) is 0 Å². The molecule has 0 radical (unpaired) electrons. The van der Waals surface area contributed by atoms with Crippen LogP contribution in [0.15, 0.2) is 12.4 Å². The normalized spacial score (nSPS) is 21.0. The molecule has 1 fully saturated rings. The number of nitrogens with zero attached hydrogens (tertiary/aromatic N) is 3. The smallest absolute Gasteiger partial charge is 0.356 e. The summed E-state index contributed by atoms with van der Waals surface area (Å²) >= 11 is 0. The van der Waals surface area contributed by atoms with E-state index in [-0.39, 0.29) is 5.69 Å². The summed E-state index contributed by atoms with van der Waals surface area (Å²) in [6.45, 7) is 4.11. The zero-order valence-corrected chi connectivity index (χ0v) is 9.96. The van der Waals surface area contributed by atoms with Gasteiger partial charge in [-0.3, -0.25) is 4.98 Å². The lowest BCUT2D eigenvalue weighted by Gasteiger charge is -2.21. The SMILES string of the molecule is CC1CCCN(c2cncc(C(=O)O)n2)CC1. The second kappa shape index (κ2) is 5.12. The lowest BCUT2D eigenvalue weighted by Crippen LogP contribution is -2.26. The van der Waals surface area contributed by atoms with Crippen molar-refractivity contribution in [2.45, 2.75) is 26.2 Å². The van der Waals surface area contributed by atoms with Gasteiger partial charge in [0.15, 0.2) is 5.69 Å². The Morgan fingerprint density at radius 1 is 1.41 bits per heavy atom. The minimum atomic E-state index is -1.03. The van der Waals surface area contributed by atoms with Gasteiger partial charge in [0.1, 0.15) is 5.82 Å². The molecule has 0 aromatic carbocycles. The van der Waals surface area contributed by atoms with Crippen LogP contribution in [-0.2, 0) is 0 Å². The van der Waals surface area contributed by atoms with Crippen molar-refractivity contribution in [1.82, 2.24) is 9.97 Å². The number of carboxylic acid groups (broad SMARTS) is 1. The Bertz CT molecular complexity index is 408. The van der Waals surface area contributed by atoms with E-state index in [2.05, 4.69) is 21.8 Å². The van der Waals surface area contributed by atoms with E-state index in [4.69, 9.17) is 5.11 Å². The standard InChI is InChI=1S/C12H17N3O2/c1-9-3-2-5-15(6-4-9)11-8-13-7-10(14-11)12(16)17/h7-9H,2-6H2,1H3,(H,16,17). The Balaban J connectivity index is 2.15. The average molecular weight is 235 g/mol. The van der Waals surface area contributed by atoms with Gasteiger partial charge in [-0.05, 0) is 25.2 Å². The van der Waals surface area contributed by atoms with Crippen LogP contribution in [-0.4, -0.2) is 34.1 Å². The highest BCUT2D eigenvalue weighted by Crippen LogP contribution is 2.20. The molecule has 1 saturated heterocycles. The number of hydrogen-bond donors (Lipinski definition) is 1. The van der Waals surface area contributed by atoms with Crippen molar-refractivity contribution in [2.24, 2.45) is 5.92 Å². The number of hydrogen-bond acceptors (Lipinski definition) is 4. The van der Waals surface area contributed by atoms with Gasteiger partial charge in [-0.15, -0.1) is 0 Å². The number of carboxylic acids is 1. The van der Waals surface area contributed by atoms with Crippen LogP contribution < -0.4 is 4.90 Å². The molecule has 1 aromatic heterocycles. The first kappa shape index (κ1) is 11.8. The Morgan fingerprint density at radius 3 is 3.00 bits per heavy atom. The van der Waals surface area contributed by atoms with Gasteiger partial charge in [0.05, 0.1) is 12.4 Å². The molecule has 1 atom stereocenters. The van der Waals surface area contributed by atoms with Crippen LogP contribution in [0.4, 0.5) is 5.82 Å². The van der Waals surface area contributed by atoms with Crippen molar-refractivity contribution in [3.05, 3.63) is 18.1 Å². The fraction of sp³-hybridized carbons (Fsp3) is 0.583. The molecule has 0 bridgehead atoms. The summed E-state index contributed by atoms with van der Waals surface area (Å²) < 4.78 is 0. The maximum Gasteiger partial charge on any atom is 0.356 e. The minimum absolute atomic E-state index is 0.0137. The van der Waals surface area contributed by atoms with Gasteiger partial charge in [0.2, 0.25) is 0 Å². The number of anilines is 1. The molecule has 1 aliphatic heterocycles. The summed E-state index contributed by atoms with van der Waals surface area (Å²) in [6, 6.07) is 0. The highest BCUT2D eigenvalue weighted by Gasteiger charge is 2.16. The fourth-order valence-corrected chi connectivity index (χ4v) is 2.10. The van der Waals surface area contributed by atoms with E-state index in [1.54, 1.807) is 6.20 Å². The molecule has 2 rings (SSSR count). The van der Waals surface area contributed by atoms with Crippen LogP contribution >= 0.6 is 0 Å². The summed E-state index contributed by atoms with van der Waals surface area (Å²) in [5.41, 5.74) is 0.0137. The molecule has 0 saturated carbocycles. The van der Waals surface area contributed by atoms with E-state index in [0.717, 1.165) is 31.8 Å². The van der Waals surface area contributed by atoms with E-state index >= 15 is 0 Å². The van der Waals surface area contributed by atoms with Crippen LogP contribution in [0, 0.1) is 5.92 Å². The van der Waals surface area contributed by atoms with Crippen LogP contribution in [0.1, 0.15) is 36.7 Å². The first-order chi connectivity index (χ1) is 8.16. The number of carbonyl (C=O) groups is 1. The second-order valence-electron chi connectivity index (χ2n) is 4.59. The highest BCUT2D eigenvalue weighted by atomic mass is 16.4. The predicted octanol–water partition coefficient (Wildman–Crippen LogP) is 1.80. The first-order valence-electron chi connectivity index (χ1n) is 5.97. The van der Waals surface area contributed by atoms with Crippen LogP contribution in [0.5, 0.6) is 0 Å². The third kappa shape index (κ3) is 2.93. The Hall–Kier alpha value is -1.65.